The normalized spacial score (nSPS) is 11.5. The Morgan fingerprint density at radius 2 is 1.75 bits per heavy atom. The number of methoxy groups -OCH3 is 1. The van der Waals surface area contributed by atoms with E-state index in [9.17, 15) is 15.4 Å². The first-order valence-electron chi connectivity index (χ1n) is 11.0. The number of aryl methyl sites for hydroxylation is 1. The van der Waals surface area contributed by atoms with Crippen LogP contribution in [0.5, 0.6) is 11.5 Å². The van der Waals surface area contributed by atoms with Crippen molar-refractivity contribution in [3.05, 3.63) is 105 Å². The third-order valence-corrected chi connectivity index (χ3v) is 6.65. The lowest BCUT2D eigenvalue weighted by Crippen LogP contribution is -2.11. The molecule has 3 aromatic carbocycles. The minimum atomic E-state index is -0.492. The van der Waals surface area contributed by atoms with Gasteiger partial charge in [-0.3, -0.25) is 14.7 Å². The van der Waals surface area contributed by atoms with Gasteiger partial charge in [0.2, 0.25) is 6.54 Å². The second-order valence-corrected chi connectivity index (χ2v) is 8.98. The molecule has 0 saturated carbocycles. The van der Waals surface area contributed by atoms with Gasteiger partial charge < -0.3 is 9.47 Å². The van der Waals surface area contributed by atoms with Crippen molar-refractivity contribution in [1.29, 1.82) is 5.26 Å². The van der Waals surface area contributed by atoms with Gasteiger partial charge in [-0.25, -0.2) is 0 Å². The highest BCUT2D eigenvalue weighted by Crippen LogP contribution is 2.36. The number of nitrogens with zero attached hydrogens (tertiary/aromatic N) is 5. The minimum absolute atomic E-state index is 0.250. The van der Waals surface area contributed by atoms with Crippen molar-refractivity contribution in [1.82, 2.24) is 14.8 Å². The number of benzene rings is 3. The van der Waals surface area contributed by atoms with Gasteiger partial charge >= 0.3 is 0 Å². The zero-order chi connectivity index (χ0) is 25.5. The summed E-state index contributed by atoms with van der Waals surface area (Å²) in [6.07, 6.45) is 0. The number of rotatable bonds is 10. The summed E-state index contributed by atoms with van der Waals surface area (Å²) >= 11 is 1.28. The Morgan fingerprint density at radius 1 is 1.06 bits per heavy atom. The van der Waals surface area contributed by atoms with Gasteiger partial charge in [0, 0.05) is 16.2 Å². The molecule has 0 aliphatic rings. The molecule has 9 nitrogen and oxygen atoms in total. The zero-order valence-corrected chi connectivity index (χ0v) is 20.5. The molecule has 0 amide bonds. The van der Waals surface area contributed by atoms with Crippen molar-refractivity contribution in [2.24, 2.45) is 0 Å². The number of hydrogen-bond donors (Lipinski definition) is 0. The van der Waals surface area contributed by atoms with Gasteiger partial charge in [0.05, 0.1) is 18.7 Å². The lowest BCUT2D eigenvalue weighted by Gasteiger charge is -2.15. The van der Waals surface area contributed by atoms with Crippen molar-refractivity contribution in [2.75, 3.05) is 13.7 Å². The molecule has 0 aliphatic carbocycles. The maximum Gasteiger partial charge on any atom is 0.220 e. The largest absolute Gasteiger partial charge is 0.497 e. The molecule has 0 saturated heterocycles. The fourth-order valence-electron chi connectivity index (χ4n) is 3.62. The molecular formula is C26H23N5O4S. The monoisotopic (exact) mass is 501 g/mol. The van der Waals surface area contributed by atoms with Gasteiger partial charge in [0.15, 0.2) is 5.16 Å². The average Bonchev–Trinajstić information content (AvgIpc) is 3.27. The lowest BCUT2D eigenvalue weighted by molar-refractivity contribution is -0.479. The van der Waals surface area contributed by atoms with Crippen molar-refractivity contribution in [2.45, 2.75) is 23.9 Å². The van der Waals surface area contributed by atoms with E-state index >= 15 is 0 Å². The van der Waals surface area contributed by atoms with Crippen LogP contribution in [0.4, 0.5) is 0 Å². The van der Waals surface area contributed by atoms with Crippen LogP contribution in [0, 0.1) is 28.4 Å². The Kier molecular flexibility index (Phi) is 7.82. The van der Waals surface area contributed by atoms with Crippen molar-refractivity contribution < 1.29 is 14.4 Å². The predicted octanol–water partition coefficient (Wildman–Crippen LogP) is 5.15. The standard InChI is InChI=1S/C26H23N5O4S/c1-18-28-29-26(31(18)22-9-13-23(34-2)14-10-22)36-25(16-30(32)33)19-7-11-24(12-8-19)35-17-21-6-4-3-5-20(21)15-27/h3-14,25H,16-17H2,1-2H3/t25-/m0/s1. The van der Waals surface area contributed by atoms with Crippen LogP contribution in [0.25, 0.3) is 5.69 Å². The molecule has 0 fully saturated rings. The highest BCUT2D eigenvalue weighted by atomic mass is 32.2. The molecule has 182 valence electrons. The van der Waals surface area contributed by atoms with Crippen LogP contribution in [0.1, 0.15) is 27.8 Å². The third kappa shape index (κ3) is 5.82. The fourth-order valence-corrected chi connectivity index (χ4v) is 4.79. The Morgan fingerprint density at radius 3 is 2.42 bits per heavy atom. The number of ether oxygens (including phenoxy) is 2. The van der Waals surface area contributed by atoms with Crippen LogP contribution >= 0.6 is 11.8 Å². The number of hydrogen-bond acceptors (Lipinski definition) is 8. The molecule has 0 aliphatic heterocycles. The summed E-state index contributed by atoms with van der Waals surface area (Å²) in [5.41, 5.74) is 2.96. The first-order chi connectivity index (χ1) is 17.5. The Bertz CT molecular complexity index is 1380. The molecule has 36 heavy (non-hydrogen) atoms. The van der Waals surface area contributed by atoms with E-state index < -0.39 is 5.25 Å². The number of aromatic nitrogens is 3. The van der Waals surface area contributed by atoms with Crippen molar-refractivity contribution >= 4 is 11.8 Å². The second-order valence-electron chi connectivity index (χ2n) is 7.81. The number of nitriles is 1. The molecule has 0 bridgehead atoms. The molecule has 10 heteroatoms. The fraction of sp³-hybridized carbons (Fsp3) is 0.192. The van der Waals surface area contributed by atoms with Crippen molar-refractivity contribution in [3.8, 4) is 23.3 Å². The van der Waals surface area contributed by atoms with E-state index in [2.05, 4.69) is 16.3 Å². The minimum Gasteiger partial charge on any atom is -0.497 e. The van der Waals surface area contributed by atoms with Gasteiger partial charge in [-0.2, -0.15) is 5.26 Å². The highest BCUT2D eigenvalue weighted by molar-refractivity contribution is 7.99. The van der Waals surface area contributed by atoms with Crippen LogP contribution < -0.4 is 9.47 Å². The van der Waals surface area contributed by atoms with E-state index in [1.165, 1.54) is 11.8 Å². The smallest absolute Gasteiger partial charge is 0.220 e. The second kappa shape index (κ2) is 11.4. The molecule has 4 aromatic rings. The highest BCUT2D eigenvalue weighted by Gasteiger charge is 2.24. The first kappa shape index (κ1) is 24.8. The van der Waals surface area contributed by atoms with Crippen molar-refractivity contribution in [3.63, 3.8) is 0 Å². The molecule has 0 radical (unpaired) electrons. The predicted molar refractivity (Wildman–Crippen MR) is 135 cm³/mol. The first-order valence-corrected chi connectivity index (χ1v) is 11.9. The SMILES string of the molecule is COc1ccc(-n2c(C)nnc2S[C@@H](C[N+](=O)[O-])c2ccc(OCc3ccccc3C#N)cc2)cc1. The zero-order valence-electron chi connectivity index (χ0n) is 19.7. The molecule has 0 N–H and O–H groups in total. The molecule has 0 spiro atoms. The van der Waals surface area contributed by atoms with E-state index in [0.717, 1.165) is 22.6 Å². The summed E-state index contributed by atoms with van der Waals surface area (Å²) in [5.74, 6) is 2.00. The van der Waals surface area contributed by atoms with E-state index in [-0.39, 0.29) is 18.1 Å². The molecule has 1 aromatic heterocycles. The molecule has 1 heterocycles. The molecule has 0 unspecified atom stereocenters. The average molecular weight is 502 g/mol. The van der Waals surface area contributed by atoms with Crippen LogP contribution in [0.2, 0.25) is 0 Å². The Balaban J connectivity index is 1.53. The van der Waals surface area contributed by atoms with Crippen LogP contribution in [0.3, 0.4) is 0 Å². The van der Waals surface area contributed by atoms with Gasteiger partial charge in [-0.15, -0.1) is 10.2 Å². The van der Waals surface area contributed by atoms with Crippen LogP contribution in [-0.4, -0.2) is 33.3 Å². The van der Waals surface area contributed by atoms with Crippen LogP contribution in [0.15, 0.2) is 78.0 Å². The number of thioether (sulfide) groups is 1. The lowest BCUT2D eigenvalue weighted by atomic mass is 10.1. The summed E-state index contributed by atoms with van der Waals surface area (Å²) in [4.78, 5) is 11.1. The van der Waals surface area contributed by atoms with Crippen LogP contribution in [-0.2, 0) is 6.61 Å². The topological polar surface area (TPSA) is 116 Å². The summed E-state index contributed by atoms with van der Waals surface area (Å²) in [5, 5.41) is 29.2. The summed E-state index contributed by atoms with van der Waals surface area (Å²) < 4.78 is 12.9. The quantitative estimate of drug-likeness (QED) is 0.166. The Hall–Kier alpha value is -4.36. The molecular weight excluding hydrogens is 478 g/mol. The maximum atomic E-state index is 11.5. The van der Waals surface area contributed by atoms with Gasteiger partial charge in [0.25, 0.3) is 0 Å². The van der Waals surface area contributed by atoms with Gasteiger partial charge in [0.1, 0.15) is 29.2 Å². The summed E-state index contributed by atoms with van der Waals surface area (Å²) in [6, 6.07) is 24.0. The number of nitro groups is 1. The van der Waals surface area contributed by atoms with Gasteiger partial charge in [-0.1, -0.05) is 42.1 Å². The Labute approximate surface area is 212 Å². The molecule has 4 rings (SSSR count). The van der Waals surface area contributed by atoms with E-state index in [1.807, 2.05) is 60.0 Å². The van der Waals surface area contributed by atoms with Gasteiger partial charge in [-0.05, 0) is 55.0 Å². The van der Waals surface area contributed by atoms with E-state index in [0.29, 0.717) is 22.3 Å². The molecule has 1 atom stereocenters. The van der Waals surface area contributed by atoms with E-state index in [4.69, 9.17) is 9.47 Å². The summed E-state index contributed by atoms with van der Waals surface area (Å²) in [7, 11) is 1.60. The summed E-state index contributed by atoms with van der Waals surface area (Å²) in [6.45, 7) is 1.80. The maximum absolute atomic E-state index is 11.5. The third-order valence-electron chi connectivity index (χ3n) is 5.47. The van der Waals surface area contributed by atoms with E-state index in [1.54, 1.807) is 31.4 Å².